The van der Waals surface area contributed by atoms with Gasteiger partial charge in [0.2, 0.25) is 0 Å². The van der Waals surface area contributed by atoms with Crippen LogP contribution >= 0.6 is 0 Å². The van der Waals surface area contributed by atoms with Crippen LogP contribution in [0, 0.1) is 46.3 Å². The SMILES string of the molecule is C[C@H](CC[C@@]1(O)O[C@H]2C[C@@H]3[C@@H]4CC=C5C[C@@H](O[C@@H]6O[C@H](CO[C@@H]7O[C@H](CO)[C@@H](O[C@@H]8OC[C@@H](O)[C@H](O)[C@H]8O)[C@H](O)[C@H]7O[C@@H]7O[C@@H](C)[C@H](O)[C@@H](O)[C@H]7O)[C@@H](O)[C@H](O)[C@H]6O)CC[C@]5(C)[C@H]4CC[C@]3(C)[C@H]2[C@@H]1C)CO[C@@H]1O[C@H](CO)[C@@H](O)[C@H](O)[C@H]1O. The molecule has 3 saturated carbocycles. The van der Waals surface area contributed by atoms with Gasteiger partial charge in [0.05, 0.1) is 51.3 Å². The van der Waals surface area contributed by atoms with Crippen LogP contribution in [0.1, 0.15) is 92.4 Å². The maximum Gasteiger partial charge on any atom is 0.187 e. The number of hydrogen-bond donors (Lipinski definition) is 16. The van der Waals surface area contributed by atoms with Gasteiger partial charge in [0.25, 0.3) is 0 Å². The van der Waals surface area contributed by atoms with Crippen LogP contribution in [-0.2, 0) is 52.1 Å². The van der Waals surface area contributed by atoms with Crippen molar-refractivity contribution in [2.75, 3.05) is 33.0 Å². The van der Waals surface area contributed by atoms with Crippen molar-refractivity contribution in [3.63, 3.8) is 0 Å². The van der Waals surface area contributed by atoms with Crippen LogP contribution in [-0.4, -0.2) is 280 Å². The molecule has 16 N–H and O–H groups in total. The minimum absolute atomic E-state index is 0.0747. The van der Waals surface area contributed by atoms with E-state index in [1.807, 2.05) is 6.92 Å². The minimum atomic E-state index is -1.89. The standard InChI is InChI=1S/C56H92O27/c1-21(18-73-49-43(68)40(65)37(62)31(16-57)78-49)8-13-56(72)22(2)34-30(83-56)15-28-26-7-6-24-14-25(9-11-54(24,4)27(26)10-12-55(28,34)5)77-52-45(70)41(66)38(63)33(80-52)20-75-53-48(82-51-44(69)39(64)35(60)23(3)76-51)46(71)47(32(17-58)79-53)81-50-42(67)36(61)29(59)19-74-50/h6,21-23,25-53,57-72H,7-20H2,1-5H3/t21-,22+,23+,25+,26-,27+,28-,29-,30+,31-,32-,33-,34+,35+,36+,37-,38-,39-,40+,41+,42-,43-,44-,45-,46+,47-,48-,49-,50+,51+,52-,53-,54+,55+,56-/m1/s1. The highest BCUT2D eigenvalue weighted by molar-refractivity contribution is 5.26. The van der Waals surface area contributed by atoms with E-state index < -0.39 is 186 Å². The molecular formula is C56H92O27. The van der Waals surface area contributed by atoms with Gasteiger partial charge in [-0.05, 0) is 98.7 Å². The van der Waals surface area contributed by atoms with E-state index in [0.717, 1.165) is 32.1 Å². The zero-order chi connectivity index (χ0) is 59.9. The Balaban J connectivity index is 0.754. The largest absolute Gasteiger partial charge is 0.394 e. The van der Waals surface area contributed by atoms with Crippen molar-refractivity contribution < 1.29 is 134 Å². The van der Waals surface area contributed by atoms with Gasteiger partial charge in [0.1, 0.15) is 110 Å². The van der Waals surface area contributed by atoms with Crippen LogP contribution in [0.3, 0.4) is 0 Å². The molecule has 0 aromatic carbocycles. The first-order valence-corrected chi connectivity index (χ1v) is 29.8. The van der Waals surface area contributed by atoms with Gasteiger partial charge in [-0.15, -0.1) is 0 Å². The lowest BCUT2D eigenvalue weighted by atomic mass is 9.47. The predicted octanol–water partition coefficient (Wildman–Crippen LogP) is -4.54. The van der Waals surface area contributed by atoms with E-state index in [4.69, 9.17) is 52.1 Å². The number of aliphatic hydroxyl groups is 16. The van der Waals surface area contributed by atoms with Gasteiger partial charge in [-0.25, -0.2) is 0 Å². The lowest BCUT2D eigenvalue weighted by Gasteiger charge is -2.58. The zero-order valence-electron chi connectivity index (χ0n) is 47.6. The molecule has 0 radical (unpaired) electrons. The molecule has 27 heteroatoms. The average molecular weight is 1200 g/mol. The van der Waals surface area contributed by atoms with Gasteiger partial charge < -0.3 is 134 Å². The van der Waals surface area contributed by atoms with Crippen molar-refractivity contribution in [3.05, 3.63) is 11.6 Å². The first-order chi connectivity index (χ1) is 39.2. The summed E-state index contributed by atoms with van der Waals surface area (Å²) in [6.07, 6.45) is -29.7. The second-order valence-electron chi connectivity index (χ2n) is 26.2. The number of allylic oxidation sites excluding steroid dienone is 1. The highest BCUT2D eigenvalue weighted by atomic mass is 16.8. The maximum absolute atomic E-state index is 12.1. The summed E-state index contributed by atoms with van der Waals surface area (Å²) >= 11 is 0. The Labute approximate surface area is 481 Å². The molecule has 10 rings (SSSR count). The summed E-state index contributed by atoms with van der Waals surface area (Å²) in [5.74, 6) is -0.337. The lowest BCUT2D eigenvalue weighted by molar-refractivity contribution is -0.386. The highest BCUT2D eigenvalue weighted by Crippen LogP contribution is 2.70. The van der Waals surface area contributed by atoms with E-state index in [0.29, 0.717) is 43.4 Å². The molecule has 478 valence electrons. The van der Waals surface area contributed by atoms with Crippen molar-refractivity contribution in [2.45, 2.75) is 258 Å². The van der Waals surface area contributed by atoms with E-state index in [2.05, 4.69) is 26.8 Å². The molecule has 6 saturated heterocycles. The van der Waals surface area contributed by atoms with Crippen LogP contribution in [0.15, 0.2) is 11.6 Å². The van der Waals surface area contributed by atoms with Gasteiger partial charge in [-0.2, -0.15) is 0 Å². The zero-order valence-corrected chi connectivity index (χ0v) is 47.6. The molecule has 6 heterocycles. The van der Waals surface area contributed by atoms with Crippen molar-refractivity contribution in [1.82, 2.24) is 0 Å². The topological polar surface area (TPSA) is 425 Å². The molecule has 0 unspecified atom stereocenters. The summed E-state index contributed by atoms with van der Waals surface area (Å²) < 4.78 is 65.5. The predicted molar refractivity (Wildman–Crippen MR) is 277 cm³/mol. The Morgan fingerprint density at radius 2 is 1.23 bits per heavy atom. The number of hydrogen-bond acceptors (Lipinski definition) is 27. The van der Waals surface area contributed by atoms with E-state index in [1.165, 1.54) is 12.5 Å². The number of aliphatic hydroxyl groups excluding tert-OH is 15. The molecule has 83 heavy (non-hydrogen) atoms. The fourth-order valence-corrected chi connectivity index (χ4v) is 16.1. The molecule has 0 bridgehead atoms. The van der Waals surface area contributed by atoms with Crippen LogP contribution in [0.25, 0.3) is 0 Å². The first kappa shape index (κ1) is 64.6. The molecule has 4 aliphatic carbocycles. The van der Waals surface area contributed by atoms with Gasteiger partial charge in [0, 0.05) is 12.3 Å². The van der Waals surface area contributed by atoms with E-state index >= 15 is 0 Å². The monoisotopic (exact) mass is 1200 g/mol. The second-order valence-corrected chi connectivity index (χ2v) is 26.2. The van der Waals surface area contributed by atoms with Crippen LogP contribution in [0.4, 0.5) is 0 Å². The number of ether oxygens (including phenoxy) is 11. The van der Waals surface area contributed by atoms with E-state index in [-0.39, 0.29) is 41.3 Å². The third-order valence-electron chi connectivity index (χ3n) is 21.2. The van der Waals surface area contributed by atoms with Gasteiger partial charge in [-0.1, -0.05) is 39.3 Å². The van der Waals surface area contributed by atoms with Gasteiger partial charge in [0.15, 0.2) is 37.2 Å². The Kier molecular flexibility index (Phi) is 19.9. The Bertz CT molecular complexity index is 2180. The highest BCUT2D eigenvalue weighted by Gasteiger charge is 2.68. The Morgan fingerprint density at radius 3 is 1.93 bits per heavy atom. The van der Waals surface area contributed by atoms with Crippen molar-refractivity contribution in [2.24, 2.45) is 46.3 Å². The van der Waals surface area contributed by atoms with Crippen molar-refractivity contribution in [3.8, 4) is 0 Å². The third-order valence-corrected chi connectivity index (χ3v) is 21.2. The molecule has 0 spiro atoms. The maximum atomic E-state index is 12.1. The van der Waals surface area contributed by atoms with Gasteiger partial charge >= 0.3 is 0 Å². The molecule has 0 amide bonds. The summed E-state index contributed by atoms with van der Waals surface area (Å²) in [4.78, 5) is 0. The van der Waals surface area contributed by atoms with Crippen LogP contribution < -0.4 is 0 Å². The van der Waals surface area contributed by atoms with Crippen LogP contribution in [0.5, 0.6) is 0 Å². The molecule has 0 aromatic heterocycles. The normalized spacial score (nSPS) is 55.0. The summed E-state index contributed by atoms with van der Waals surface area (Å²) in [6.45, 7) is 7.82. The fourth-order valence-electron chi connectivity index (χ4n) is 16.1. The molecule has 9 fully saturated rings. The lowest BCUT2D eigenvalue weighted by Crippen LogP contribution is -2.66. The molecule has 0 aromatic rings. The quantitative estimate of drug-likeness (QED) is 0.0610. The van der Waals surface area contributed by atoms with Crippen LogP contribution in [0.2, 0.25) is 0 Å². The smallest absolute Gasteiger partial charge is 0.187 e. The molecule has 6 aliphatic heterocycles. The van der Waals surface area contributed by atoms with Crippen molar-refractivity contribution in [1.29, 1.82) is 0 Å². The fraction of sp³-hybridized carbons (Fsp3) is 0.964. The first-order valence-electron chi connectivity index (χ1n) is 29.8. The van der Waals surface area contributed by atoms with Gasteiger partial charge in [-0.3, -0.25) is 0 Å². The summed E-state index contributed by atoms with van der Waals surface area (Å²) in [5, 5.41) is 171. The average Bonchev–Trinajstić information content (AvgIpc) is 2.35. The summed E-state index contributed by atoms with van der Waals surface area (Å²) in [5.41, 5.74) is 1.02. The Hall–Kier alpha value is -1.34. The summed E-state index contributed by atoms with van der Waals surface area (Å²) in [6, 6.07) is 0. The van der Waals surface area contributed by atoms with E-state index in [1.54, 1.807) is 0 Å². The number of rotatable bonds is 17. The molecule has 35 atom stereocenters. The molecule has 27 nitrogen and oxygen atoms in total. The third kappa shape index (κ3) is 12.0. The molecule has 10 aliphatic rings. The second kappa shape index (κ2) is 25.5. The van der Waals surface area contributed by atoms with Crippen molar-refractivity contribution >= 4 is 0 Å². The minimum Gasteiger partial charge on any atom is -0.394 e. The van der Waals surface area contributed by atoms with E-state index in [9.17, 15) is 81.7 Å². The number of fused-ring (bicyclic) bond motifs is 7. The Morgan fingerprint density at radius 1 is 0.614 bits per heavy atom. The molecular weight excluding hydrogens is 1100 g/mol. The summed E-state index contributed by atoms with van der Waals surface area (Å²) in [7, 11) is 0.